The van der Waals surface area contributed by atoms with Crippen LogP contribution in [0.2, 0.25) is 0 Å². The van der Waals surface area contributed by atoms with E-state index in [2.05, 4.69) is 16.7 Å². The van der Waals surface area contributed by atoms with Gasteiger partial charge in [0.2, 0.25) is 5.91 Å². The van der Waals surface area contributed by atoms with Gasteiger partial charge in [-0.05, 0) is 40.2 Å². The maximum Gasteiger partial charge on any atom is 0.240 e. The third-order valence-corrected chi connectivity index (χ3v) is 2.86. The lowest BCUT2D eigenvalue weighted by atomic mass is 9.94. The number of hydrogen-bond acceptors (Lipinski definition) is 3. The molecule has 15 heavy (non-hydrogen) atoms. The SMILES string of the molecule is CC(C)(C#N)CNC(=O)C1(C)CCCN1. The van der Waals surface area contributed by atoms with Crippen LogP contribution in [0.3, 0.4) is 0 Å². The first-order valence-electron chi connectivity index (χ1n) is 5.34. The van der Waals surface area contributed by atoms with E-state index in [1.807, 2.05) is 20.8 Å². The molecule has 0 aliphatic carbocycles. The summed E-state index contributed by atoms with van der Waals surface area (Å²) >= 11 is 0. The van der Waals surface area contributed by atoms with Gasteiger partial charge in [-0.3, -0.25) is 4.79 Å². The van der Waals surface area contributed by atoms with Crippen LogP contribution in [-0.4, -0.2) is 24.5 Å². The van der Waals surface area contributed by atoms with E-state index >= 15 is 0 Å². The lowest BCUT2D eigenvalue weighted by Gasteiger charge is -2.25. The summed E-state index contributed by atoms with van der Waals surface area (Å²) in [6.45, 7) is 6.84. The van der Waals surface area contributed by atoms with Crippen molar-refractivity contribution in [3.63, 3.8) is 0 Å². The lowest BCUT2D eigenvalue weighted by molar-refractivity contribution is -0.126. The molecule has 4 nitrogen and oxygen atoms in total. The van der Waals surface area contributed by atoms with E-state index in [1.165, 1.54) is 0 Å². The molecular formula is C11H19N3O. The highest BCUT2D eigenvalue weighted by Crippen LogP contribution is 2.19. The first kappa shape index (κ1) is 12.0. The zero-order chi connectivity index (χ0) is 11.5. The third kappa shape index (κ3) is 2.93. The Morgan fingerprint density at radius 2 is 2.33 bits per heavy atom. The second-order valence-corrected chi connectivity index (χ2v) is 5.04. The molecule has 1 fully saturated rings. The molecule has 2 N–H and O–H groups in total. The van der Waals surface area contributed by atoms with Crippen LogP contribution in [0, 0.1) is 16.7 Å². The van der Waals surface area contributed by atoms with Crippen LogP contribution in [0.4, 0.5) is 0 Å². The molecule has 1 heterocycles. The Morgan fingerprint density at radius 3 is 2.80 bits per heavy atom. The van der Waals surface area contributed by atoms with Crippen LogP contribution in [0.15, 0.2) is 0 Å². The van der Waals surface area contributed by atoms with Gasteiger partial charge in [0.1, 0.15) is 0 Å². The molecule has 4 heteroatoms. The molecule has 1 saturated heterocycles. The summed E-state index contributed by atoms with van der Waals surface area (Å²) in [7, 11) is 0. The van der Waals surface area contributed by atoms with Gasteiger partial charge in [0.15, 0.2) is 0 Å². The zero-order valence-electron chi connectivity index (χ0n) is 9.68. The van der Waals surface area contributed by atoms with Crippen molar-refractivity contribution in [3.8, 4) is 6.07 Å². The molecule has 1 aliphatic rings. The maximum atomic E-state index is 11.8. The molecule has 1 aliphatic heterocycles. The minimum Gasteiger partial charge on any atom is -0.353 e. The standard InChI is InChI=1S/C11H19N3O/c1-10(2,7-12)8-13-9(15)11(3)5-4-6-14-11/h14H,4-6,8H2,1-3H3,(H,13,15). The van der Waals surface area contributed by atoms with Crippen LogP contribution in [0.25, 0.3) is 0 Å². The molecule has 1 unspecified atom stereocenters. The Hall–Kier alpha value is -1.08. The first-order chi connectivity index (χ1) is 6.90. The fourth-order valence-corrected chi connectivity index (χ4v) is 1.62. The summed E-state index contributed by atoms with van der Waals surface area (Å²) in [6, 6.07) is 2.16. The molecule has 84 valence electrons. The second-order valence-electron chi connectivity index (χ2n) is 5.04. The normalized spacial score (nSPS) is 26.0. The number of hydrogen-bond donors (Lipinski definition) is 2. The van der Waals surface area contributed by atoms with Crippen molar-refractivity contribution in [2.24, 2.45) is 5.41 Å². The van der Waals surface area contributed by atoms with Crippen LogP contribution in [0.1, 0.15) is 33.6 Å². The van der Waals surface area contributed by atoms with Gasteiger partial charge in [-0.2, -0.15) is 5.26 Å². The number of nitriles is 1. The smallest absolute Gasteiger partial charge is 0.240 e. The number of carbonyl (C=O) groups is 1. The van der Waals surface area contributed by atoms with Crippen molar-refractivity contribution in [2.45, 2.75) is 39.2 Å². The van der Waals surface area contributed by atoms with Crippen LogP contribution in [0.5, 0.6) is 0 Å². The molecule has 1 amide bonds. The molecule has 0 aromatic heterocycles. The van der Waals surface area contributed by atoms with E-state index < -0.39 is 11.0 Å². The molecule has 0 spiro atoms. The highest BCUT2D eigenvalue weighted by molar-refractivity contribution is 5.86. The van der Waals surface area contributed by atoms with Gasteiger partial charge in [0.25, 0.3) is 0 Å². The topological polar surface area (TPSA) is 64.9 Å². The Balaban J connectivity index is 2.47. The van der Waals surface area contributed by atoms with E-state index in [4.69, 9.17) is 5.26 Å². The predicted octanol–water partition coefficient (Wildman–Crippen LogP) is 0.794. The summed E-state index contributed by atoms with van der Waals surface area (Å²) in [5, 5.41) is 14.8. The molecule has 0 radical (unpaired) electrons. The van der Waals surface area contributed by atoms with E-state index in [0.717, 1.165) is 19.4 Å². The summed E-state index contributed by atoms with van der Waals surface area (Å²) in [5.74, 6) is 0.00308. The van der Waals surface area contributed by atoms with Crippen molar-refractivity contribution >= 4 is 5.91 Å². The van der Waals surface area contributed by atoms with Gasteiger partial charge in [-0.25, -0.2) is 0 Å². The van der Waals surface area contributed by atoms with Crippen molar-refractivity contribution in [1.29, 1.82) is 5.26 Å². The summed E-state index contributed by atoms with van der Waals surface area (Å²) in [6.07, 6.45) is 1.90. The van der Waals surface area contributed by atoms with E-state index in [0.29, 0.717) is 6.54 Å². The summed E-state index contributed by atoms with van der Waals surface area (Å²) < 4.78 is 0. The minimum absolute atomic E-state index is 0.00308. The Kier molecular flexibility index (Phi) is 3.35. The van der Waals surface area contributed by atoms with Gasteiger partial charge < -0.3 is 10.6 Å². The van der Waals surface area contributed by atoms with Crippen molar-refractivity contribution < 1.29 is 4.79 Å². The number of nitrogens with one attached hydrogen (secondary N) is 2. The average Bonchev–Trinajstić information content (AvgIpc) is 2.63. The number of carbonyl (C=O) groups excluding carboxylic acids is 1. The number of amides is 1. The maximum absolute atomic E-state index is 11.8. The quantitative estimate of drug-likeness (QED) is 0.722. The second kappa shape index (κ2) is 4.19. The molecule has 1 atom stereocenters. The van der Waals surface area contributed by atoms with Crippen LogP contribution < -0.4 is 10.6 Å². The summed E-state index contributed by atoms with van der Waals surface area (Å²) in [5.41, 5.74) is -0.934. The monoisotopic (exact) mass is 209 g/mol. The van der Waals surface area contributed by atoms with Crippen LogP contribution in [-0.2, 0) is 4.79 Å². The molecule has 0 bridgehead atoms. The van der Waals surface area contributed by atoms with Crippen LogP contribution >= 0.6 is 0 Å². The molecule has 0 aromatic rings. The summed E-state index contributed by atoms with van der Waals surface area (Å²) in [4.78, 5) is 11.8. The predicted molar refractivity (Wildman–Crippen MR) is 58.0 cm³/mol. The average molecular weight is 209 g/mol. The zero-order valence-corrected chi connectivity index (χ0v) is 9.68. The molecule has 0 aromatic carbocycles. The lowest BCUT2D eigenvalue weighted by Crippen LogP contribution is -2.52. The van der Waals surface area contributed by atoms with Crippen molar-refractivity contribution in [3.05, 3.63) is 0 Å². The highest BCUT2D eigenvalue weighted by Gasteiger charge is 2.36. The Bertz CT molecular complexity index is 285. The number of rotatable bonds is 3. The molecular weight excluding hydrogens is 190 g/mol. The fraction of sp³-hybridized carbons (Fsp3) is 0.818. The Labute approximate surface area is 91.0 Å². The van der Waals surface area contributed by atoms with E-state index in [-0.39, 0.29) is 5.91 Å². The molecule has 0 saturated carbocycles. The minimum atomic E-state index is -0.495. The van der Waals surface area contributed by atoms with Gasteiger partial charge in [-0.1, -0.05) is 0 Å². The number of nitrogens with zero attached hydrogens (tertiary/aromatic N) is 1. The van der Waals surface area contributed by atoms with Crippen molar-refractivity contribution in [2.75, 3.05) is 13.1 Å². The molecule has 1 rings (SSSR count). The van der Waals surface area contributed by atoms with E-state index in [9.17, 15) is 4.79 Å². The van der Waals surface area contributed by atoms with Gasteiger partial charge >= 0.3 is 0 Å². The van der Waals surface area contributed by atoms with Gasteiger partial charge in [0.05, 0.1) is 17.0 Å². The largest absolute Gasteiger partial charge is 0.353 e. The van der Waals surface area contributed by atoms with E-state index in [1.54, 1.807) is 0 Å². The Morgan fingerprint density at radius 1 is 1.67 bits per heavy atom. The van der Waals surface area contributed by atoms with Crippen molar-refractivity contribution in [1.82, 2.24) is 10.6 Å². The highest BCUT2D eigenvalue weighted by atomic mass is 16.2. The first-order valence-corrected chi connectivity index (χ1v) is 5.34. The van der Waals surface area contributed by atoms with Gasteiger partial charge in [0, 0.05) is 6.54 Å². The fourth-order valence-electron chi connectivity index (χ4n) is 1.62. The van der Waals surface area contributed by atoms with Gasteiger partial charge in [-0.15, -0.1) is 0 Å². The third-order valence-electron chi connectivity index (χ3n) is 2.86.